The Bertz CT molecular complexity index is 550. The molecule has 0 saturated carbocycles. The molecule has 0 spiro atoms. The van der Waals surface area contributed by atoms with E-state index < -0.39 is 23.5 Å². The largest absolute Gasteiger partial charge is 0.480 e. The highest BCUT2D eigenvalue weighted by Crippen LogP contribution is 2.30. The lowest BCUT2D eigenvalue weighted by atomic mass is 10.2. The highest BCUT2D eigenvalue weighted by Gasteiger charge is 2.27. The van der Waals surface area contributed by atoms with Gasteiger partial charge in [-0.25, -0.2) is 9.59 Å². The van der Waals surface area contributed by atoms with Gasteiger partial charge in [-0.05, 0) is 12.5 Å². The Morgan fingerprint density at radius 2 is 2.06 bits per heavy atom. The van der Waals surface area contributed by atoms with Crippen LogP contribution in [0.5, 0.6) is 0 Å². The molecular formula is C10H9NO5S. The molecule has 0 fully saturated rings. The zero-order valence-corrected chi connectivity index (χ0v) is 9.44. The van der Waals surface area contributed by atoms with E-state index in [1.807, 2.05) is 0 Å². The summed E-state index contributed by atoms with van der Waals surface area (Å²) in [5.74, 6) is -1.71. The summed E-state index contributed by atoms with van der Waals surface area (Å²) in [5, 5.41) is 18.2. The van der Waals surface area contributed by atoms with Crippen LogP contribution in [0.1, 0.15) is 22.8 Å². The number of carboxylic acid groups (broad SMARTS) is 2. The van der Waals surface area contributed by atoms with Crippen molar-refractivity contribution < 1.29 is 19.8 Å². The van der Waals surface area contributed by atoms with Crippen LogP contribution in [0.15, 0.2) is 22.0 Å². The fraction of sp³-hybridized carbons (Fsp3) is 0.300. The van der Waals surface area contributed by atoms with Crippen molar-refractivity contribution in [3.8, 4) is 0 Å². The molecule has 1 aliphatic heterocycles. The monoisotopic (exact) mass is 255 g/mol. The molecule has 0 radical (unpaired) electrons. The number of carbonyl (C=O) groups is 2. The Hall–Kier alpha value is -1.76. The molecule has 0 aromatic carbocycles. The van der Waals surface area contributed by atoms with Gasteiger partial charge in [0.25, 0.3) is 5.56 Å². The van der Waals surface area contributed by atoms with Gasteiger partial charge in [-0.3, -0.25) is 9.36 Å². The van der Waals surface area contributed by atoms with Crippen LogP contribution in [0.2, 0.25) is 0 Å². The Balaban J connectivity index is 2.61. The Morgan fingerprint density at radius 3 is 2.65 bits per heavy atom. The van der Waals surface area contributed by atoms with E-state index in [1.165, 1.54) is 17.8 Å². The van der Waals surface area contributed by atoms with E-state index in [1.54, 1.807) is 0 Å². The summed E-state index contributed by atoms with van der Waals surface area (Å²) in [6.07, 6.45) is 0.360. The third kappa shape index (κ3) is 2.05. The average molecular weight is 255 g/mol. The molecule has 0 aliphatic carbocycles. The van der Waals surface area contributed by atoms with Crippen molar-refractivity contribution in [2.45, 2.75) is 17.5 Å². The van der Waals surface area contributed by atoms with Crippen molar-refractivity contribution in [1.29, 1.82) is 0 Å². The highest BCUT2D eigenvalue weighted by atomic mass is 32.2. The molecule has 7 heteroatoms. The molecule has 1 aromatic heterocycles. The first-order valence-corrected chi connectivity index (χ1v) is 5.85. The van der Waals surface area contributed by atoms with E-state index in [-0.39, 0.29) is 5.56 Å². The van der Waals surface area contributed by atoms with E-state index in [4.69, 9.17) is 10.2 Å². The highest BCUT2D eigenvalue weighted by molar-refractivity contribution is 7.99. The molecule has 2 heterocycles. The maximum absolute atomic E-state index is 11.7. The molecule has 0 saturated heterocycles. The fourth-order valence-corrected chi connectivity index (χ4v) is 2.85. The standard InChI is InChI=1S/C10H9NO5S/c12-7-3-5(9(13)14)4-8-11(7)6(10(15)16)1-2-17-8/h3-4,6H,1-2H2,(H,13,14)(H,15,16). The molecule has 0 bridgehead atoms. The molecule has 1 unspecified atom stereocenters. The van der Waals surface area contributed by atoms with Crippen molar-refractivity contribution in [1.82, 2.24) is 4.57 Å². The Morgan fingerprint density at radius 1 is 1.35 bits per heavy atom. The average Bonchev–Trinajstić information content (AvgIpc) is 2.27. The van der Waals surface area contributed by atoms with Gasteiger partial charge in [0.05, 0.1) is 10.6 Å². The third-order valence-electron chi connectivity index (χ3n) is 2.52. The van der Waals surface area contributed by atoms with Crippen molar-refractivity contribution in [3.05, 3.63) is 28.0 Å². The summed E-state index contributed by atoms with van der Waals surface area (Å²) in [4.78, 5) is 33.5. The zero-order valence-electron chi connectivity index (χ0n) is 8.62. The minimum absolute atomic E-state index is 0.111. The number of hydrogen-bond donors (Lipinski definition) is 2. The zero-order chi connectivity index (χ0) is 12.6. The van der Waals surface area contributed by atoms with Gasteiger partial charge >= 0.3 is 11.9 Å². The van der Waals surface area contributed by atoms with E-state index in [9.17, 15) is 14.4 Å². The second kappa shape index (κ2) is 4.25. The van der Waals surface area contributed by atoms with Gasteiger partial charge in [-0.1, -0.05) is 0 Å². The number of aromatic carboxylic acids is 1. The molecule has 1 aliphatic rings. The molecule has 1 aromatic rings. The molecule has 17 heavy (non-hydrogen) atoms. The maximum Gasteiger partial charge on any atom is 0.335 e. The van der Waals surface area contributed by atoms with E-state index in [2.05, 4.69) is 0 Å². The maximum atomic E-state index is 11.7. The summed E-state index contributed by atoms with van der Waals surface area (Å²) in [7, 11) is 0. The van der Waals surface area contributed by atoms with Gasteiger partial charge in [0.15, 0.2) is 0 Å². The SMILES string of the molecule is O=C(O)c1cc2n(c(=O)c1)C(C(=O)O)CCS2. The smallest absolute Gasteiger partial charge is 0.335 e. The second-order valence-electron chi connectivity index (χ2n) is 3.59. The predicted octanol–water partition coefficient (Wildman–Crippen LogP) is 0.668. The summed E-state index contributed by atoms with van der Waals surface area (Å²) in [5.41, 5.74) is -0.695. The predicted molar refractivity (Wildman–Crippen MR) is 59.7 cm³/mol. The summed E-state index contributed by atoms with van der Waals surface area (Å²) in [6.45, 7) is 0. The van der Waals surface area contributed by atoms with Crippen LogP contribution < -0.4 is 5.56 Å². The van der Waals surface area contributed by atoms with Gasteiger partial charge in [0, 0.05) is 11.8 Å². The van der Waals surface area contributed by atoms with Crippen LogP contribution in [-0.2, 0) is 4.79 Å². The van der Waals surface area contributed by atoms with Crippen LogP contribution in [0.25, 0.3) is 0 Å². The summed E-state index contributed by atoms with van der Waals surface area (Å²) >= 11 is 1.29. The first kappa shape index (κ1) is 11.7. The minimum Gasteiger partial charge on any atom is -0.480 e. The number of rotatable bonds is 2. The molecule has 2 rings (SSSR count). The second-order valence-corrected chi connectivity index (χ2v) is 4.70. The van der Waals surface area contributed by atoms with Crippen molar-refractivity contribution in [3.63, 3.8) is 0 Å². The van der Waals surface area contributed by atoms with Gasteiger partial charge in [0.2, 0.25) is 0 Å². The third-order valence-corrected chi connectivity index (χ3v) is 3.57. The Labute approximate surface area is 99.9 Å². The number of nitrogens with zero attached hydrogens (tertiary/aromatic N) is 1. The van der Waals surface area contributed by atoms with Crippen molar-refractivity contribution in [2.24, 2.45) is 0 Å². The van der Waals surface area contributed by atoms with E-state index in [0.717, 1.165) is 10.6 Å². The Kier molecular flexibility index (Phi) is 2.93. The number of fused-ring (bicyclic) bond motifs is 1. The van der Waals surface area contributed by atoms with Gasteiger partial charge in [-0.2, -0.15) is 0 Å². The number of aromatic nitrogens is 1. The first-order chi connectivity index (χ1) is 8.00. The van der Waals surface area contributed by atoms with Gasteiger partial charge in [0.1, 0.15) is 6.04 Å². The lowest BCUT2D eigenvalue weighted by Gasteiger charge is -2.24. The number of thioether (sulfide) groups is 1. The fourth-order valence-electron chi connectivity index (χ4n) is 1.74. The number of hydrogen-bond acceptors (Lipinski definition) is 4. The van der Waals surface area contributed by atoms with Crippen LogP contribution in [-0.4, -0.2) is 32.5 Å². The molecule has 6 nitrogen and oxygen atoms in total. The number of pyridine rings is 1. The molecular weight excluding hydrogens is 246 g/mol. The lowest BCUT2D eigenvalue weighted by molar-refractivity contribution is -0.141. The van der Waals surface area contributed by atoms with Crippen LogP contribution in [0.4, 0.5) is 0 Å². The van der Waals surface area contributed by atoms with Crippen LogP contribution in [0, 0.1) is 0 Å². The van der Waals surface area contributed by atoms with E-state index >= 15 is 0 Å². The molecule has 90 valence electrons. The van der Waals surface area contributed by atoms with Crippen LogP contribution >= 0.6 is 11.8 Å². The molecule has 0 amide bonds. The number of carboxylic acids is 2. The number of aliphatic carboxylic acids is 1. The minimum atomic E-state index is -1.19. The first-order valence-electron chi connectivity index (χ1n) is 4.86. The van der Waals surface area contributed by atoms with Gasteiger partial charge < -0.3 is 10.2 Å². The van der Waals surface area contributed by atoms with Crippen molar-refractivity contribution >= 4 is 23.7 Å². The summed E-state index contributed by atoms with van der Waals surface area (Å²) < 4.78 is 1.14. The lowest BCUT2D eigenvalue weighted by Crippen LogP contribution is -2.34. The van der Waals surface area contributed by atoms with Gasteiger partial charge in [-0.15, -0.1) is 11.8 Å². The summed E-state index contributed by atoms with van der Waals surface area (Å²) in [6, 6.07) is 1.39. The molecule has 1 atom stereocenters. The topological polar surface area (TPSA) is 96.6 Å². The van der Waals surface area contributed by atoms with Crippen molar-refractivity contribution in [2.75, 3.05) is 5.75 Å². The van der Waals surface area contributed by atoms with Crippen LogP contribution in [0.3, 0.4) is 0 Å². The molecule has 2 N–H and O–H groups in total. The normalized spacial score (nSPS) is 18.5. The quantitative estimate of drug-likeness (QED) is 0.806. The van der Waals surface area contributed by atoms with E-state index in [0.29, 0.717) is 17.2 Å².